The summed E-state index contributed by atoms with van der Waals surface area (Å²) in [4.78, 5) is 29.9. The first-order chi connectivity index (χ1) is 15.6. The molecule has 0 radical (unpaired) electrons. The lowest BCUT2D eigenvalue weighted by Crippen LogP contribution is -2.33. The van der Waals surface area contributed by atoms with E-state index in [4.69, 9.17) is 9.84 Å². The summed E-state index contributed by atoms with van der Waals surface area (Å²) in [6.45, 7) is 0.850. The fraction of sp³-hybridized carbons (Fsp3) is 0.182. The van der Waals surface area contributed by atoms with Gasteiger partial charge in [0.25, 0.3) is 0 Å². The predicted octanol–water partition coefficient (Wildman–Crippen LogP) is 4.60. The molecule has 0 saturated heterocycles. The first-order valence-electron chi connectivity index (χ1n) is 9.97. The maximum Gasteiger partial charge on any atom is 0.407 e. The van der Waals surface area contributed by atoms with Crippen molar-refractivity contribution in [2.24, 2.45) is 0 Å². The number of hydrogen-bond acceptors (Lipinski definition) is 7. The molecule has 0 aliphatic carbocycles. The van der Waals surface area contributed by atoms with E-state index in [9.17, 15) is 4.79 Å². The number of hydrogen-bond donors (Lipinski definition) is 3. The number of nitrogens with zero attached hydrogens (tertiary/aromatic N) is 4. The van der Waals surface area contributed by atoms with E-state index in [0.29, 0.717) is 25.3 Å². The van der Waals surface area contributed by atoms with Crippen molar-refractivity contribution in [2.45, 2.75) is 6.42 Å². The van der Waals surface area contributed by atoms with Gasteiger partial charge in [-0.2, -0.15) is 0 Å². The minimum atomic E-state index is -0.897. The number of H-pyrrole nitrogens is 1. The van der Waals surface area contributed by atoms with Gasteiger partial charge in [0.2, 0.25) is 0 Å². The summed E-state index contributed by atoms with van der Waals surface area (Å²) >= 11 is 1.55. The van der Waals surface area contributed by atoms with Crippen molar-refractivity contribution < 1.29 is 14.6 Å². The number of fused-ring (bicyclic) bond motifs is 1. The average Bonchev–Trinajstić information content (AvgIpc) is 3.50. The summed E-state index contributed by atoms with van der Waals surface area (Å²) < 4.78 is 5.51. The zero-order valence-electron chi connectivity index (χ0n) is 17.2. The highest BCUT2D eigenvalue weighted by Gasteiger charge is 2.19. The minimum absolute atomic E-state index is 0.378. The molecule has 4 aromatic rings. The van der Waals surface area contributed by atoms with Crippen molar-refractivity contribution in [3.8, 4) is 16.2 Å². The number of carboxylic acid groups (broad SMARTS) is 1. The van der Waals surface area contributed by atoms with Crippen LogP contribution in [0.15, 0.2) is 48.4 Å². The molecule has 3 N–H and O–H groups in total. The Labute approximate surface area is 187 Å². The molecule has 1 amide bonds. The van der Waals surface area contributed by atoms with Gasteiger partial charge in [-0.25, -0.2) is 14.8 Å². The van der Waals surface area contributed by atoms with Crippen LogP contribution < -0.4 is 10.1 Å². The summed E-state index contributed by atoms with van der Waals surface area (Å²) in [5.74, 6) is 1.46. The molecule has 9 nitrogen and oxygen atoms in total. The molecule has 4 heterocycles. The van der Waals surface area contributed by atoms with Gasteiger partial charge in [-0.3, -0.25) is 4.98 Å². The number of amides is 1. The second-order valence-corrected chi connectivity index (χ2v) is 8.17. The van der Waals surface area contributed by atoms with Gasteiger partial charge in [-0.15, -0.1) is 11.3 Å². The largest absolute Gasteiger partial charge is 0.496 e. The van der Waals surface area contributed by atoms with Gasteiger partial charge in [0.05, 0.1) is 22.9 Å². The first kappa shape index (κ1) is 20.0. The van der Waals surface area contributed by atoms with Crippen LogP contribution in [0.1, 0.15) is 12.1 Å². The van der Waals surface area contributed by atoms with Gasteiger partial charge in [0, 0.05) is 36.2 Å². The van der Waals surface area contributed by atoms with E-state index in [1.54, 1.807) is 24.0 Å². The van der Waals surface area contributed by atoms with Crippen LogP contribution in [0.2, 0.25) is 0 Å². The monoisotopic (exact) mass is 448 g/mol. The number of nitrogens with one attached hydrogen (secondary N) is 2. The summed E-state index contributed by atoms with van der Waals surface area (Å²) in [6.07, 6.45) is 5.02. The number of aromatic nitrogens is 4. The number of anilines is 2. The first-order valence-corrected chi connectivity index (χ1v) is 10.9. The summed E-state index contributed by atoms with van der Waals surface area (Å²) in [7, 11) is 1.65. The normalized spacial score (nSPS) is 13.8. The average molecular weight is 449 g/mol. The van der Waals surface area contributed by atoms with E-state index in [2.05, 4.69) is 25.3 Å². The SMILES string of the molecule is COc1ccc(Nc2ncnc3[nH]c(C4=CCN(C(=O)O)CC4)cc23)cc1-c1cncs1. The quantitative estimate of drug-likeness (QED) is 0.408. The van der Waals surface area contributed by atoms with E-state index >= 15 is 0 Å². The van der Waals surface area contributed by atoms with Gasteiger partial charge in [0.1, 0.15) is 23.5 Å². The smallest absolute Gasteiger partial charge is 0.407 e. The van der Waals surface area contributed by atoms with Crippen molar-refractivity contribution in [3.05, 3.63) is 54.1 Å². The lowest BCUT2D eigenvalue weighted by atomic mass is 10.1. The Balaban J connectivity index is 1.46. The molecule has 162 valence electrons. The van der Waals surface area contributed by atoms with Crippen LogP contribution in [-0.2, 0) is 0 Å². The van der Waals surface area contributed by atoms with Crippen molar-refractivity contribution >= 4 is 45.5 Å². The fourth-order valence-corrected chi connectivity index (χ4v) is 4.41. The molecule has 0 fully saturated rings. The molecule has 0 atom stereocenters. The molecule has 1 aliphatic rings. The molecule has 0 bridgehead atoms. The lowest BCUT2D eigenvalue weighted by molar-refractivity contribution is 0.150. The second-order valence-electron chi connectivity index (χ2n) is 7.28. The van der Waals surface area contributed by atoms with Crippen molar-refractivity contribution in [2.75, 3.05) is 25.5 Å². The van der Waals surface area contributed by atoms with Crippen LogP contribution in [0.5, 0.6) is 5.75 Å². The van der Waals surface area contributed by atoms with E-state index in [1.165, 1.54) is 11.2 Å². The van der Waals surface area contributed by atoms with Crippen molar-refractivity contribution in [3.63, 3.8) is 0 Å². The maximum absolute atomic E-state index is 11.1. The summed E-state index contributed by atoms with van der Waals surface area (Å²) in [6, 6.07) is 7.87. The fourth-order valence-electron chi connectivity index (χ4n) is 3.76. The summed E-state index contributed by atoms with van der Waals surface area (Å²) in [5.41, 5.74) is 6.33. The maximum atomic E-state index is 11.1. The van der Waals surface area contributed by atoms with Crippen molar-refractivity contribution in [1.29, 1.82) is 0 Å². The van der Waals surface area contributed by atoms with E-state index in [0.717, 1.165) is 44.2 Å². The number of methoxy groups -OCH3 is 1. The predicted molar refractivity (Wildman–Crippen MR) is 123 cm³/mol. The lowest BCUT2D eigenvalue weighted by Gasteiger charge is -2.23. The number of carbonyl (C=O) groups is 1. The highest BCUT2D eigenvalue weighted by atomic mass is 32.1. The van der Waals surface area contributed by atoms with Crippen LogP contribution in [0.3, 0.4) is 0 Å². The van der Waals surface area contributed by atoms with Gasteiger partial charge in [-0.05, 0) is 36.3 Å². The third kappa shape index (κ3) is 3.76. The molecule has 0 saturated carbocycles. The number of benzene rings is 1. The van der Waals surface area contributed by atoms with Gasteiger partial charge in [0.15, 0.2) is 0 Å². The molecule has 32 heavy (non-hydrogen) atoms. The van der Waals surface area contributed by atoms with E-state index < -0.39 is 6.09 Å². The van der Waals surface area contributed by atoms with E-state index in [-0.39, 0.29) is 0 Å². The number of aromatic amines is 1. The van der Waals surface area contributed by atoms with Gasteiger partial charge < -0.3 is 25.0 Å². The van der Waals surface area contributed by atoms with Gasteiger partial charge in [-0.1, -0.05) is 6.08 Å². The Hall–Kier alpha value is -3.92. The third-order valence-corrected chi connectivity index (χ3v) is 6.22. The molecular formula is C22H20N6O3S. The van der Waals surface area contributed by atoms with E-state index in [1.807, 2.05) is 36.5 Å². The molecule has 1 aliphatic heterocycles. The summed E-state index contributed by atoms with van der Waals surface area (Å²) in [5, 5.41) is 13.4. The molecule has 3 aromatic heterocycles. The van der Waals surface area contributed by atoms with Crippen LogP contribution in [0.25, 0.3) is 27.0 Å². The van der Waals surface area contributed by atoms with Gasteiger partial charge >= 0.3 is 6.09 Å². The second kappa shape index (κ2) is 8.31. The standard InChI is InChI=1S/C22H20N6O3S/c1-31-18-3-2-14(8-15(18)19-10-23-12-32-19)26-20-16-9-17(27-21(16)25-11-24-20)13-4-6-28(7-5-13)22(29)30/h2-4,8-12H,5-7H2,1H3,(H,29,30)(H2,24,25,26,27). The van der Waals surface area contributed by atoms with Crippen LogP contribution >= 0.6 is 11.3 Å². The van der Waals surface area contributed by atoms with Crippen LogP contribution in [-0.4, -0.2) is 56.2 Å². The Bertz CT molecular complexity index is 1310. The number of rotatable bonds is 5. The van der Waals surface area contributed by atoms with Crippen LogP contribution in [0, 0.1) is 0 Å². The highest BCUT2D eigenvalue weighted by molar-refractivity contribution is 7.13. The molecule has 5 rings (SSSR count). The zero-order chi connectivity index (χ0) is 22.1. The molecule has 10 heteroatoms. The molecule has 0 unspecified atom stereocenters. The number of ether oxygens (including phenoxy) is 1. The Morgan fingerprint density at radius 2 is 2.22 bits per heavy atom. The minimum Gasteiger partial charge on any atom is -0.496 e. The topological polar surface area (TPSA) is 116 Å². The Morgan fingerprint density at radius 3 is 2.94 bits per heavy atom. The van der Waals surface area contributed by atoms with Crippen molar-refractivity contribution in [1.82, 2.24) is 24.8 Å². The Morgan fingerprint density at radius 1 is 1.31 bits per heavy atom. The number of thiazole rings is 1. The molecule has 0 spiro atoms. The highest BCUT2D eigenvalue weighted by Crippen LogP contribution is 2.36. The van der Waals surface area contributed by atoms with Crippen LogP contribution in [0.4, 0.5) is 16.3 Å². The Kier molecular flexibility index (Phi) is 5.20. The molecule has 1 aromatic carbocycles. The molecular weight excluding hydrogens is 428 g/mol. The zero-order valence-corrected chi connectivity index (χ0v) is 18.0. The third-order valence-electron chi connectivity index (χ3n) is 5.41.